The molecule has 3 nitrogen and oxygen atoms in total. The van der Waals surface area contributed by atoms with Gasteiger partial charge < -0.3 is 4.90 Å². The van der Waals surface area contributed by atoms with E-state index in [-0.39, 0.29) is 12.6 Å². The molecule has 1 amide bonds. The van der Waals surface area contributed by atoms with Crippen LogP contribution in [0.1, 0.15) is 24.9 Å². The molecule has 19 heavy (non-hydrogen) atoms. The van der Waals surface area contributed by atoms with Crippen LogP contribution in [0.5, 0.6) is 0 Å². The first kappa shape index (κ1) is 13.9. The summed E-state index contributed by atoms with van der Waals surface area (Å²) in [4.78, 5) is 13.4. The number of amides is 1. The van der Waals surface area contributed by atoms with Crippen LogP contribution in [0.4, 0.5) is 13.2 Å². The first-order chi connectivity index (χ1) is 8.88. The predicted octanol–water partition coefficient (Wildman–Crippen LogP) is 2.46. The average Bonchev–Trinajstić information content (AvgIpc) is 2.70. The number of hydrogen-bond acceptors (Lipinski definition) is 2. The molecule has 1 fully saturated rings. The number of nitrogens with one attached hydrogen (secondary N) is 1. The minimum absolute atomic E-state index is 0.148. The summed E-state index contributed by atoms with van der Waals surface area (Å²) in [6.07, 6.45) is -5.24. The molecule has 6 heteroatoms. The molecule has 2 atom stereocenters. The summed E-state index contributed by atoms with van der Waals surface area (Å²) in [5, 5.41) is 2.95. The molecule has 0 aromatic heterocycles. The molecule has 2 rings (SSSR count). The molecule has 0 saturated carbocycles. The van der Waals surface area contributed by atoms with Gasteiger partial charge >= 0.3 is 6.18 Å². The van der Waals surface area contributed by atoms with Crippen molar-refractivity contribution in [1.82, 2.24) is 10.2 Å². The lowest BCUT2D eigenvalue weighted by Crippen LogP contribution is -2.38. The normalized spacial score (nSPS) is 21.8. The van der Waals surface area contributed by atoms with Crippen LogP contribution in [0.2, 0.25) is 0 Å². The summed E-state index contributed by atoms with van der Waals surface area (Å²) in [6.45, 7) is 1.57. The van der Waals surface area contributed by atoms with E-state index in [0.717, 1.165) is 5.56 Å². The number of nitrogens with zero attached hydrogens (tertiary/aromatic N) is 1. The Morgan fingerprint density at radius 2 is 2.00 bits per heavy atom. The Labute approximate surface area is 109 Å². The largest absolute Gasteiger partial charge is 0.391 e. The summed E-state index contributed by atoms with van der Waals surface area (Å²) >= 11 is 0. The van der Waals surface area contributed by atoms with E-state index in [9.17, 15) is 18.0 Å². The third kappa shape index (κ3) is 3.26. The van der Waals surface area contributed by atoms with Gasteiger partial charge in [-0.05, 0) is 12.5 Å². The highest BCUT2D eigenvalue weighted by molar-refractivity contribution is 5.85. The summed E-state index contributed by atoms with van der Waals surface area (Å²) in [5.74, 6) is -0.303. The number of rotatable bonds is 3. The fourth-order valence-corrected chi connectivity index (χ4v) is 2.24. The maximum atomic E-state index is 12.3. The van der Waals surface area contributed by atoms with Gasteiger partial charge in [0.1, 0.15) is 6.04 Å². The van der Waals surface area contributed by atoms with Crippen LogP contribution in [-0.4, -0.2) is 29.7 Å². The molecule has 1 aromatic rings. The Kier molecular flexibility index (Phi) is 3.80. The molecule has 0 bridgehead atoms. The van der Waals surface area contributed by atoms with E-state index < -0.39 is 24.7 Å². The van der Waals surface area contributed by atoms with Crippen LogP contribution in [-0.2, 0) is 4.79 Å². The molecule has 1 aliphatic heterocycles. The standard InChI is InChI=1S/C13H15F3N2O/c1-9(7-13(14,15)16)18-8-17-11(12(18)19)10-5-3-2-4-6-10/h2-6,9,11,17H,7-8H2,1H3. The Bertz CT molecular complexity index is 447. The highest BCUT2D eigenvalue weighted by Crippen LogP contribution is 2.28. The highest BCUT2D eigenvalue weighted by atomic mass is 19.4. The van der Waals surface area contributed by atoms with Crippen LogP contribution in [0.3, 0.4) is 0 Å². The van der Waals surface area contributed by atoms with Crippen LogP contribution in [0, 0.1) is 0 Å². The van der Waals surface area contributed by atoms with E-state index in [1.807, 2.05) is 6.07 Å². The number of alkyl halides is 3. The topological polar surface area (TPSA) is 32.3 Å². The van der Waals surface area contributed by atoms with Crippen LogP contribution >= 0.6 is 0 Å². The predicted molar refractivity (Wildman–Crippen MR) is 64.2 cm³/mol. The minimum atomic E-state index is -4.26. The number of benzene rings is 1. The first-order valence-corrected chi connectivity index (χ1v) is 6.04. The van der Waals surface area contributed by atoms with Gasteiger partial charge in [0.05, 0.1) is 13.1 Å². The van der Waals surface area contributed by atoms with Crippen molar-refractivity contribution in [2.24, 2.45) is 0 Å². The molecule has 1 heterocycles. The maximum absolute atomic E-state index is 12.3. The fraction of sp³-hybridized carbons (Fsp3) is 0.462. The second kappa shape index (κ2) is 5.21. The smallest absolute Gasteiger partial charge is 0.325 e. The molecule has 104 valence electrons. The molecule has 1 aromatic carbocycles. The lowest BCUT2D eigenvalue weighted by molar-refractivity contribution is -0.151. The Morgan fingerprint density at radius 3 is 2.58 bits per heavy atom. The quantitative estimate of drug-likeness (QED) is 0.916. The van der Waals surface area contributed by atoms with E-state index in [0.29, 0.717) is 0 Å². The Balaban J connectivity index is 2.06. The third-order valence-corrected chi connectivity index (χ3v) is 3.19. The Hall–Kier alpha value is -1.56. The van der Waals surface area contributed by atoms with Gasteiger partial charge in [-0.1, -0.05) is 30.3 Å². The van der Waals surface area contributed by atoms with Crippen molar-refractivity contribution < 1.29 is 18.0 Å². The van der Waals surface area contributed by atoms with Crippen molar-refractivity contribution in [2.45, 2.75) is 31.6 Å². The summed E-state index contributed by atoms with van der Waals surface area (Å²) in [6, 6.07) is 7.59. The van der Waals surface area contributed by atoms with Crippen molar-refractivity contribution in [3.05, 3.63) is 35.9 Å². The van der Waals surface area contributed by atoms with Gasteiger partial charge in [0.25, 0.3) is 0 Å². The molecule has 1 saturated heterocycles. The van der Waals surface area contributed by atoms with Gasteiger partial charge in [0.2, 0.25) is 5.91 Å². The van der Waals surface area contributed by atoms with Crippen molar-refractivity contribution in [2.75, 3.05) is 6.67 Å². The highest BCUT2D eigenvalue weighted by Gasteiger charge is 2.39. The van der Waals surface area contributed by atoms with Crippen molar-refractivity contribution in [3.63, 3.8) is 0 Å². The molecule has 2 unspecified atom stereocenters. The fourth-order valence-electron chi connectivity index (χ4n) is 2.24. The van der Waals surface area contributed by atoms with Gasteiger partial charge in [-0.2, -0.15) is 13.2 Å². The SMILES string of the molecule is CC(CC(F)(F)F)N1CNC(c2ccccc2)C1=O. The number of carbonyl (C=O) groups excluding carboxylic acids is 1. The second-order valence-electron chi connectivity index (χ2n) is 4.68. The summed E-state index contributed by atoms with van der Waals surface area (Å²) < 4.78 is 37.0. The van der Waals surface area contributed by atoms with Gasteiger partial charge in [0, 0.05) is 6.04 Å². The van der Waals surface area contributed by atoms with E-state index >= 15 is 0 Å². The zero-order chi connectivity index (χ0) is 14.0. The minimum Gasteiger partial charge on any atom is -0.325 e. The van der Waals surface area contributed by atoms with Crippen molar-refractivity contribution >= 4 is 5.91 Å². The molecule has 1 aliphatic rings. The van der Waals surface area contributed by atoms with Crippen LogP contribution in [0.25, 0.3) is 0 Å². The van der Waals surface area contributed by atoms with Gasteiger partial charge in [-0.15, -0.1) is 0 Å². The average molecular weight is 272 g/mol. The maximum Gasteiger partial charge on any atom is 0.391 e. The van der Waals surface area contributed by atoms with Crippen LogP contribution in [0.15, 0.2) is 30.3 Å². The molecular weight excluding hydrogens is 257 g/mol. The third-order valence-electron chi connectivity index (χ3n) is 3.19. The molecule has 0 aliphatic carbocycles. The van der Waals surface area contributed by atoms with E-state index in [2.05, 4.69) is 5.32 Å². The lowest BCUT2D eigenvalue weighted by Gasteiger charge is -2.24. The van der Waals surface area contributed by atoms with E-state index in [1.54, 1.807) is 24.3 Å². The molecule has 1 N–H and O–H groups in total. The van der Waals surface area contributed by atoms with Crippen molar-refractivity contribution in [3.8, 4) is 0 Å². The Morgan fingerprint density at radius 1 is 1.37 bits per heavy atom. The molecule has 0 spiro atoms. The van der Waals surface area contributed by atoms with Gasteiger partial charge in [-0.3, -0.25) is 10.1 Å². The summed E-state index contributed by atoms with van der Waals surface area (Å²) in [5.41, 5.74) is 0.772. The zero-order valence-electron chi connectivity index (χ0n) is 10.4. The van der Waals surface area contributed by atoms with Gasteiger partial charge in [0.15, 0.2) is 0 Å². The number of carbonyl (C=O) groups is 1. The number of hydrogen-bond donors (Lipinski definition) is 1. The zero-order valence-corrected chi connectivity index (χ0v) is 10.4. The summed E-state index contributed by atoms with van der Waals surface area (Å²) in [7, 11) is 0. The molecular formula is C13H15F3N2O. The first-order valence-electron chi connectivity index (χ1n) is 6.04. The van der Waals surface area contributed by atoms with E-state index in [4.69, 9.17) is 0 Å². The second-order valence-corrected chi connectivity index (χ2v) is 4.68. The van der Waals surface area contributed by atoms with Gasteiger partial charge in [-0.25, -0.2) is 0 Å². The monoisotopic (exact) mass is 272 g/mol. The van der Waals surface area contributed by atoms with E-state index in [1.165, 1.54) is 11.8 Å². The lowest BCUT2D eigenvalue weighted by atomic mass is 10.1. The van der Waals surface area contributed by atoms with Crippen molar-refractivity contribution in [1.29, 1.82) is 0 Å². The number of halogens is 3. The van der Waals surface area contributed by atoms with Crippen LogP contribution < -0.4 is 5.32 Å². The molecule has 0 radical (unpaired) electrons.